The summed E-state index contributed by atoms with van der Waals surface area (Å²) in [5.74, 6) is -0.233. The Morgan fingerprint density at radius 3 is 2.55 bits per heavy atom. The van der Waals surface area contributed by atoms with Crippen LogP contribution in [0.25, 0.3) is 0 Å². The molecule has 1 aliphatic rings. The minimum absolute atomic E-state index is 0.355. The number of carboxylic acids is 1. The Morgan fingerprint density at radius 2 is 2.09 bits per heavy atom. The molecule has 1 rings (SSSR count). The van der Waals surface area contributed by atoms with Crippen LogP contribution in [0.15, 0.2) is 0 Å². The van der Waals surface area contributed by atoms with E-state index in [2.05, 4.69) is 11.9 Å². The smallest absolute Gasteiger partial charge is 0.303 e. The summed E-state index contributed by atoms with van der Waals surface area (Å²) in [6.07, 6.45) is 2.44. The van der Waals surface area contributed by atoms with Crippen molar-refractivity contribution < 1.29 is 9.90 Å². The number of rotatable bonds is 2. The zero-order valence-electron chi connectivity index (χ0n) is 6.92. The first-order chi connectivity index (χ1) is 5.18. The third-order valence-corrected chi connectivity index (χ3v) is 2.30. The molecule has 0 aromatic heterocycles. The zero-order valence-corrected chi connectivity index (χ0v) is 6.92. The predicted octanol–water partition coefficient (Wildman–Crippen LogP) is 0.803. The Balaban J connectivity index is 2.22. The quantitative estimate of drug-likeness (QED) is 0.644. The molecule has 0 unspecified atom stereocenters. The van der Waals surface area contributed by atoms with Crippen molar-refractivity contribution in [2.75, 3.05) is 20.1 Å². The molecule has 0 spiro atoms. The van der Waals surface area contributed by atoms with Gasteiger partial charge in [0.2, 0.25) is 0 Å². The maximum atomic E-state index is 10.3. The van der Waals surface area contributed by atoms with Crippen molar-refractivity contribution in [3.63, 3.8) is 0 Å². The molecular weight excluding hydrogens is 142 g/mol. The lowest BCUT2D eigenvalue weighted by molar-refractivity contribution is -0.138. The largest absolute Gasteiger partial charge is 0.481 e. The van der Waals surface area contributed by atoms with E-state index in [4.69, 9.17) is 5.11 Å². The second-order valence-corrected chi connectivity index (χ2v) is 3.34. The van der Waals surface area contributed by atoms with Crippen LogP contribution in [0.1, 0.15) is 19.3 Å². The molecule has 3 heteroatoms. The van der Waals surface area contributed by atoms with Crippen LogP contribution in [0.2, 0.25) is 0 Å². The highest BCUT2D eigenvalue weighted by atomic mass is 16.4. The summed E-state index contributed by atoms with van der Waals surface area (Å²) >= 11 is 0. The van der Waals surface area contributed by atoms with E-state index in [-0.39, 0.29) is 0 Å². The molecule has 3 nitrogen and oxygen atoms in total. The Bertz CT molecular complexity index is 139. The number of nitrogens with zero attached hydrogens (tertiary/aromatic N) is 1. The average molecular weight is 157 g/mol. The van der Waals surface area contributed by atoms with Gasteiger partial charge in [-0.3, -0.25) is 4.79 Å². The fourth-order valence-corrected chi connectivity index (χ4v) is 1.51. The Morgan fingerprint density at radius 1 is 1.55 bits per heavy atom. The number of hydrogen-bond donors (Lipinski definition) is 1. The van der Waals surface area contributed by atoms with Gasteiger partial charge in [0, 0.05) is 6.42 Å². The van der Waals surface area contributed by atoms with E-state index in [0.717, 1.165) is 25.9 Å². The molecule has 0 atom stereocenters. The molecule has 0 aromatic rings. The summed E-state index contributed by atoms with van der Waals surface area (Å²) < 4.78 is 0. The first-order valence-electron chi connectivity index (χ1n) is 4.09. The fourth-order valence-electron chi connectivity index (χ4n) is 1.51. The minimum Gasteiger partial charge on any atom is -0.481 e. The van der Waals surface area contributed by atoms with Crippen molar-refractivity contribution >= 4 is 5.97 Å². The molecular formula is C8H15NO2. The Hall–Kier alpha value is -0.570. The van der Waals surface area contributed by atoms with Crippen molar-refractivity contribution in [3.05, 3.63) is 0 Å². The number of hydrogen-bond acceptors (Lipinski definition) is 2. The van der Waals surface area contributed by atoms with Crippen molar-refractivity contribution in [1.29, 1.82) is 0 Å². The number of carboxylic acid groups (broad SMARTS) is 1. The highest BCUT2D eigenvalue weighted by molar-refractivity contribution is 5.67. The van der Waals surface area contributed by atoms with Gasteiger partial charge >= 0.3 is 5.97 Å². The van der Waals surface area contributed by atoms with Crippen molar-refractivity contribution in [2.24, 2.45) is 5.92 Å². The molecule has 0 saturated carbocycles. The van der Waals surface area contributed by atoms with E-state index in [1.807, 2.05) is 0 Å². The van der Waals surface area contributed by atoms with Gasteiger partial charge < -0.3 is 10.0 Å². The Labute approximate surface area is 67.0 Å². The van der Waals surface area contributed by atoms with Gasteiger partial charge in [-0.15, -0.1) is 0 Å². The Kier molecular flexibility index (Phi) is 2.88. The van der Waals surface area contributed by atoms with Gasteiger partial charge in [-0.25, -0.2) is 0 Å². The topological polar surface area (TPSA) is 40.5 Å². The van der Waals surface area contributed by atoms with Crippen LogP contribution in [0.4, 0.5) is 0 Å². The predicted molar refractivity (Wildman–Crippen MR) is 42.5 cm³/mol. The number of piperidine rings is 1. The summed E-state index contributed by atoms with van der Waals surface area (Å²) in [4.78, 5) is 12.6. The van der Waals surface area contributed by atoms with E-state index in [0.29, 0.717) is 12.3 Å². The van der Waals surface area contributed by atoms with Gasteiger partial charge in [-0.2, -0.15) is 0 Å². The van der Waals surface area contributed by atoms with Crippen molar-refractivity contribution in [3.8, 4) is 0 Å². The molecule has 0 aromatic carbocycles. The summed E-state index contributed by atoms with van der Waals surface area (Å²) in [6, 6.07) is 0. The zero-order chi connectivity index (χ0) is 8.27. The normalized spacial score (nSPS) is 21.9. The van der Waals surface area contributed by atoms with Gasteiger partial charge in [-0.1, -0.05) is 0 Å². The number of carbonyl (C=O) groups is 1. The van der Waals surface area contributed by atoms with Gasteiger partial charge in [0.1, 0.15) is 0 Å². The summed E-state index contributed by atoms with van der Waals surface area (Å²) in [5.41, 5.74) is 0. The van der Waals surface area contributed by atoms with Crippen LogP contribution in [0, 0.1) is 5.92 Å². The van der Waals surface area contributed by atoms with Crippen LogP contribution in [0.3, 0.4) is 0 Å². The number of likely N-dealkylation sites (tertiary alicyclic amines) is 1. The third kappa shape index (κ3) is 2.89. The van der Waals surface area contributed by atoms with Gasteiger partial charge in [0.05, 0.1) is 0 Å². The van der Waals surface area contributed by atoms with E-state index in [9.17, 15) is 4.79 Å². The molecule has 1 fully saturated rings. The van der Waals surface area contributed by atoms with E-state index >= 15 is 0 Å². The molecule has 11 heavy (non-hydrogen) atoms. The van der Waals surface area contributed by atoms with Gasteiger partial charge in [0.15, 0.2) is 0 Å². The standard InChI is InChI=1S/C8H15NO2/c1-9-4-2-7(3-5-9)6-8(10)11/h7H,2-6H2,1H3,(H,10,11). The van der Waals surface area contributed by atoms with Crippen LogP contribution in [0.5, 0.6) is 0 Å². The fraction of sp³-hybridized carbons (Fsp3) is 0.875. The van der Waals surface area contributed by atoms with E-state index in [1.165, 1.54) is 0 Å². The highest BCUT2D eigenvalue weighted by Crippen LogP contribution is 2.18. The van der Waals surface area contributed by atoms with Crippen molar-refractivity contribution in [2.45, 2.75) is 19.3 Å². The number of aliphatic carboxylic acids is 1. The van der Waals surface area contributed by atoms with E-state index < -0.39 is 5.97 Å². The maximum Gasteiger partial charge on any atom is 0.303 e. The first-order valence-corrected chi connectivity index (χ1v) is 4.09. The van der Waals surface area contributed by atoms with Crippen LogP contribution in [-0.2, 0) is 4.79 Å². The summed E-state index contributed by atoms with van der Waals surface area (Å²) in [7, 11) is 2.08. The van der Waals surface area contributed by atoms with Crippen LogP contribution in [-0.4, -0.2) is 36.1 Å². The molecule has 0 radical (unpaired) electrons. The SMILES string of the molecule is CN1CCC(CC(=O)O)CC1. The van der Waals surface area contributed by atoms with E-state index in [1.54, 1.807) is 0 Å². The van der Waals surface area contributed by atoms with Crippen LogP contribution >= 0.6 is 0 Å². The molecule has 1 N–H and O–H groups in total. The first kappa shape index (κ1) is 8.53. The molecule has 1 aliphatic heterocycles. The third-order valence-electron chi connectivity index (χ3n) is 2.30. The van der Waals surface area contributed by atoms with Crippen LogP contribution < -0.4 is 0 Å². The minimum atomic E-state index is -0.653. The monoisotopic (exact) mass is 157 g/mol. The lowest BCUT2D eigenvalue weighted by Crippen LogP contribution is -2.31. The lowest BCUT2D eigenvalue weighted by atomic mass is 9.94. The molecule has 0 bridgehead atoms. The second-order valence-electron chi connectivity index (χ2n) is 3.34. The average Bonchev–Trinajstić information content (AvgIpc) is 1.93. The molecule has 64 valence electrons. The molecule has 0 amide bonds. The summed E-state index contributed by atoms with van der Waals surface area (Å²) in [5, 5.41) is 8.52. The summed E-state index contributed by atoms with van der Waals surface area (Å²) in [6.45, 7) is 2.11. The molecule has 0 aliphatic carbocycles. The highest BCUT2D eigenvalue weighted by Gasteiger charge is 2.18. The second kappa shape index (κ2) is 3.72. The maximum absolute atomic E-state index is 10.3. The van der Waals surface area contributed by atoms with Gasteiger partial charge in [-0.05, 0) is 38.9 Å². The molecule has 1 heterocycles. The van der Waals surface area contributed by atoms with Gasteiger partial charge in [0.25, 0.3) is 0 Å². The molecule has 1 saturated heterocycles. The van der Waals surface area contributed by atoms with Crippen molar-refractivity contribution in [1.82, 2.24) is 4.90 Å². The lowest BCUT2D eigenvalue weighted by Gasteiger charge is -2.27.